The molecule has 1 saturated heterocycles. The lowest BCUT2D eigenvalue weighted by molar-refractivity contribution is -0.149. The molecule has 1 fully saturated rings. The lowest BCUT2D eigenvalue weighted by Gasteiger charge is -2.32. The highest BCUT2D eigenvalue weighted by Crippen LogP contribution is 2.24. The van der Waals surface area contributed by atoms with Gasteiger partial charge in [0.25, 0.3) is 11.8 Å². The Morgan fingerprint density at radius 3 is 2.22 bits per heavy atom. The highest BCUT2D eigenvalue weighted by atomic mass is 16.5. The number of carbonyl (C=O) groups excluding carboxylic acids is 3. The smallest absolute Gasteiger partial charge is 0.309 e. The number of fused-ring (bicyclic) bond motifs is 1. The Kier molecular flexibility index (Phi) is 4.43. The minimum Gasteiger partial charge on any atom is -0.466 e. The zero-order chi connectivity index (χ0) is 16.4. The molecule has 23 heavy (non-hydrogen) atoms. The molecule has 6 nitrogen and oxygen atoms in total. The van der Waals surface area contributed by atoms with Gasteiger partial charge in [0.05, 0.1) is 30.3 Å². The molecule has 0 aliphatic carbocycles. The van der Waals surface area contributed by atoms with Crippen molar-refractivity contribution in [1.82, 2.24) is 9.80 Å². The van der Waals surface area contributed by atoms with Crippen LogP contribution in [0.3, 0.4) is 0 Å². The lowest BCUT2D eigenvalue weighted by Crippen LogP contribution is -2.45. The molecule has 122 valence electrons. The van der Waals surface area contributed by atoms with Crippen LogP contribution in [0, 0.1) is 5.92 Å². The predicted molar refractivity (Wildman–Crippen MR) is 82.7 cm³/mol. The minimum atomic E-state index is -0.238. The molecular weight excluding hydrogens is 296 g/mol. The van der Waals surface area contributed by atoms with Crippen LogP contribution in [-0.4, -0.2) is 53.9 Å². The third kappa shape index (κ3) is 2.99. The first-order valence-electron chi connectivity index (χ1n) is 7.96. The van der Waals surface area contributed by atoms with E-state index >= 15 is 0 Å². The number of piperidine rings is 1. The van der Waals surface area contributed by atoms with Gasteiger partial charge in [-0.1, -0.05) is 12.1 Å². The minimum absolute atomic E-state index is 0.0756. The Bertz CT molecular complexity index is 600. The second kappa shape index (κ2) is 6.50. The first-order chi connectivity index (χ1) is 11.1. The number of ether oxygens (including phenoxy) is 1. The standard InChI is InChI=1S/C17H20N2O4/c1-2-23-17(22)12-7-9-18(10-8-12)11-19-15(20)13-5-3-4-6-14(13)16(19)21/h3-6,12H,2,7-11H2,1H3. The van der Waals surface area contributed by atoms with Crippen LogP contribution in [-0.2, 0) is 9.53 Å². The molecule has 2 amide bonds. The van der Waals surface area contributed by atoms with E-state index in [4.69, 9.17) is 4.74 Å². The molecular formula is C17H20N2O4. The first kappa shape index (κ1) is 15.7. The van der Waals surface area contributed by atoms with Crippen molar-refractivity contribution in [2.24, 2.45) is 5.92 Å². The number of hydrogen-bond donors (Lipinski definition) is 0. The normalized spacial score (nSPS) is 19.1. The topological polar surface area (TPSA) is 66.9 Å². The highest BCUT2D eigenvalue weighted by Gasteiger charge is 2.37. The van der Waals surface area contributed by atoms with Crippen molar-refractivity contribution < 1.29 is 19.1 Å². The third-order valence-electron chi connectivity index (χ3n) is 4.43. The van der Waals surface area contributed by atoms with Crippen LogP contribution < -0.4 is 0 Å². The molecule has 2 aliphatic heterocycles. The molecule has 0 bridgehead atoms. The van der Waals surface area contributed by atoms with E-state index in [-0.39, 0.29) is 30.4 Å². The van der Waals surface area contributed by atoms with E-state index < -0.39 is 0 Å². The van der Waals surface area contributed by atoms with Gasteiger partial charge in [0.15, 0.2) is 0 Å². The number of hydrogen-bond acceptors (Lipinski definition) is 5. The van der Waals surface area contributed by atoms with Gasteiger partial charge >= 0.3 is 5.97 Å². The third-order valence-corrected chi connectivity index (χ3v) is 4.43. The molecule has 1 aromatic rings. The van der Waals surface area contributed by atoms with Gasteiger partial charge in [-0.3, -0.25) is 24.2 Å². The lowest BCUT2D eigenvalue weighted by atomic mass is 9.97. The van der Waals surface area contributed by atoms with Crippen LogP contribution >= 0.6 is 0 Å². The zero-order valence-electron chi connectivity index (χ0n) is 13.2. The van der Waals surface area contributed by atoms with E-state index in [0.29, 0.717) is 43.7 Å². The van der Waals surface area contributed by atoms with E-state index in [1.165, 1.54) is 4.90 Å². The van der Waals surface area contributed by atoms with Gasteiger partial charge < -0.3 is 4.74 Å². The molecule has 1 aromatic carbocycles. The summed E-state index contributed by atoms with van der Waals surface area (Å²) in [5.74, 6) is -0.697. The summed E-state index contributed by atoms with van der Waals surface area (Å²) in [6.07, 6.45) is 1.39. The second-order valence-corrected chi connectivity index (χ2v) is 5.87. The maximum absolute atomic E-state index is 12.3. The summed E-state index contributed by atoms with van der Waals surface area (Å²) in [5, 5.41) is 0. The van der Waals surface area contributed by atoms with Crippen molar-refractivity contribution >= 4 is 17.8 Å². The Morgan fingerprint density at radius 2 is 1.70 bits per heavy atom. The van der Waals surface area contributed by atoms with E-state index in [1.54, 1.807) is 31.2 Å². The number of carbonyl (C=O) groups is 3. The summed E-state index contributed by atoms with van der Waals surface area (Å²) in [6.45, 7) is 3.83. The monoisotopic (exact) mass is 316 g/mol. The Hall–Kier alpha value is -2.21. The van der Waals surface area contributed by atoms with Crippen LogP contribution in [0.1, 0.15) is 40.5 Å². The van der Waals surface area contributed by atoms with Gasteiger partial charge in [0.2, 0.25) is 0 Å². The van der Waals surface area contributed by atoms with Gasteiger partial charge in [-0.15, -0.1) is 0 Å². The van der Waals surface area contributed by atoms with Crippen molar-refractivity contribution in [2.75, 3.05) is 26.4 Å². The molecule has 0 aromatic heterocycles. The van der Waals surface area contributed by atoms with Crippen molar-refractivity contribution in [1.29, 1.82) is 0 Å². The van der Waals surface area contributed by atoms with E-state index in [9.17, 15) is 14.4 Å². The second-order valence-electron chi connectivity index (χ2n) is 5.87. The largest absolute Gasteiger partial charge is 0.466 e. The molecule has 0 N–H and O–H groups in total. The number of imide groups is 1. The van der Waals surface area contributed by atoms with Crippen molar-refractivity contribution in [3.05, 3.63) is 35.4 Å². The van der Waals surface area contributed by atoms with Gasteiger partial charge in [0, 0.05) is 13.1 Å². The number of benzene rings is 1. The quantitative estimate of drug-likeness (QED) is 0.622. The molecule has 6 heteroatoms. The Labute approximate surface area is 135 Å². The first-order valence-corrected chi connectivity index (χ1v) is 7.96. The SMILES string of the molecule is CCOC(=O)C1CCN(CN2C(=O)c3ccccc3C2=O)CC1. The van der Waals surface area contributed by atoms with Gasteiger partial charge in [0.1, 0.15) is 0 Å². The highest BCUT2D eigenvalue weighted by molar-refractivity contribution is 6.21. The molecule has 0 spiro atoms. The maximum Gasteiger partial charge on any atom is 0.309 e. The Morgan fingerprint density at radius 1 is 1.13 bits per heavy atom. The summed E-state index contributed by atoms with van der Waals surface area (Å²) in [6, 6.07) is 6.89. The summed E-state index contributed by atoms with van der Waals surface area (Å²) in [5.41, 5.74) is 0.942. The summed E-state index contributed by atoms with van der Waals surface area (Å²) in [7, 11) is 0. The van der Waals surface area contributed by atoms with Crippen molar-refractivity contribution in [2.45, 2.75) is 19.8 Å². The van der Waals surface area contributed by atoms with Crippen LogP contribution in [0.5, 0.6) is 0 Å². The predicted octanol–water partition coefficient (Wildman–Crippen LogP) is 1.52. The van der Waals surface area contributed by atoms with Gasteiger partial charge in [-0.25, -0.2) is 0 Å². The molecule has 0 unspecified atom stereocenters. The fourth-order valence-electron chi connectivity index (χ4n) is 3.14. The van der Waals surface area contributed by atoms with E-state index in [0.717, 1.165) is 0 Å². The van der Waals surface area contributed by atoms with Crippen LogP contribution in [0.25, 0.3) is 0 Å². The summed E-state index contributed by atoms with van der Waals surface area (Å²) < 4.78 is 5.05. The molecule has 0 saturated carbocycles. The summed E-state index contributed by atoms with van der Waals surface area (Å²) >= 11 is 0. The number of amides is 2. The molecule has 0 radical (unpaired) electrons. The van der Waals surface area contributed by atoms with Crippen molar-refractivity contribution in [3.63, 3.8) is 0 Å². The average molecular weight is 316 g/mol. The average Bonchev–Trinajstić information content (AvgIpc) is 2.81. The fraction of sp³-hybridized carbons (Fsp3) is 0.471. The zero-order valence-corrected chi connectivity index (χ0v) is 13.2. The van der Waals surface area contributed by atoms with Gasteiger partial charge in [-0.2, -0.15) is 0 Å². The number of rotatable bonds is 4. The number of esters is 1. The molecule has 0 atom stereocenters. The van der Waals surface area contributed by atoms with E-state index in [1.807, 2.05) is 4.90 Å². The molecule has 3 rings (SSSR count). The van der Waals surface area contributed by atoms with Crippen LogP contribution in [0.2, 0.25) is 0 Å². The van der Waals surface area contributed by atoms with Crippen molar-refractivity contribution in [3.8, 4) is 0 Å². The maximum atomic E-state index is 12.3. The van der Waals surface area contributed by atoms with Crippen LogP contribution in [0.4, 0.5) is 0 Å². The molecule has 2 heterocycles. The van der Waals surface area contributed by atoms with Crippen LogP contribution in [0.15, 0.2) is 24.3 Å². The van der Waals surface area contributed by atoms with E-state index in [2.05, 4.69) is 0 Å². The number of likely N-dealkylation sites (tertiary alicyclic amines) is 1. The van der Waals surface area contributed by atoms with Gasteiger partial charge in [-0.05, 0) is 31.9 Å². The fourth-order valence-corrected chi connectivity index (χ4v) is 3.14. The summed E-state index contributed by atoms with van der Waals surface area (Å²) in [4.78, 5) is 39.8. The Balaban J connectivity index is 1.59. The number of nitrogens with zero attached hydrogens (tertiary/aromatic N) is 2. The molecule has 2 aliphatic rings.